The Morgan fingerprint density at radius 3 is 2.52 bits per heavy atom. The van der Waals surface area contributed by atoms with Crippen LogP contribution >= 0.6 is 0 Å². The predicted octanol–water partition coefficient (Wildman–Crippen LogP) is 1.67. The normalized spacial score (nSPS) is 20.2. The molecule has 1 fully saturated rings. The monoisotopic (exact) mass is 437 g/mol. The summed E-state index contributed by atoms with van der Waals surface area (Å²) in [4.78, 5) is 12.6. The Balaban J connectivity index is 1.55. The van der Waals surface area contributed by atoms with Crippen molar-refractivity contribution >= 4 is 31.3 Å². The van der Waals surface area contributed by atoms with Crippen molar-refractivity contribution in [3.8, 4) is 11.5 Å². The molecule has 1 atom stereocenters. The number of fused-ring (bicyclic) bond motifs is 1. The molecular formula is C19H19NO7S2. The van der Waals surface area contributed by atoms with E-state index in [2.05, 4.69) is 5.32 Å². The van der Waals surface area contributed by atoms with Crippen molar-refractivity contribution in [2.45, 2.75) is 16.6 Å². The van der Waals surface area contributed by atoms with E-state index in [1.807, 2.05) is 0 Å². The Bertz CT molecular complexity index is 1170. The molecule has 4 rings (SSSR count). The molecule has 0 unspecified atom stereocenters. The largest absolute Gasteiger partial charge is 0.486 e. The molecule has 1 amide bonds. The fourth-order valence-corrected chi connectivity index (χ4v) is 7.74. The van der Waals surface area contributed by atoms with E-state index in [-0.39, 0.29) is 28.4 Å². The molecule has 1 saturated heterocycles. The van der Waals surface area contributed by atoms with Crippen LogP contribution < -0.4 is 14.8 Å². The zero-order chi connectivity index (χ0) is 20.6. The second kappa shape index (κ2) is 7.34. The highest BCUT2D eigenvalue weighted by Crippen LogP contribution is 2.33. The van der Waals surface area contributed by atoms with Gasteiger partial charge in [0.15, 0.2) is 31.2 Å². The Labute approximate surface area is 168 Å². The van der Waals surface area contributed by atoms with Gasteiger partial charge in [-0.1, -0.05) is 6.07 Å². The predicted molar refractivity (Wildman–Crippen MR) is 106 cm³/mol. The van der Waals surface area contributed by atoms with Gasteiger partial charge >= 0.3 is 0 Å². The fraction of sp³-hybridized carbons (Fsp3) is 0.316. The van der Waals surface area contributed by atoms with E-state index in [1.54, 1.807) is 18.2 Å². The third kappa shape index (κ3) is 4.08. The van der Waals surface area contributed by atoms with Gasteiger partial charge in [0.05, 0.1) is 21.7 Å². The van der Waals surface area contributed by atoms with Crippen LogP contribution in [0.15, 0.2) is 47.4 Å². The Hall–Kier alpha value is -2.59. The van der Waals surface area contributed by atoms with Gasteiger partial charge in [-0.3, -0.25) is 4.79 Å². The van der Waals surface area contributed by atoms with Crippen molar-refractivity contribution in [2.75, 3.05) is 30.0 Å². The maximum Gasteiger partial charge on any atom is 0.255 e. The summed E-state index contributed by atoms with van der Waals surface area (Å²) < 4.78 is 59.8. The van der Waals surface area contributed by atoms with Crippen LogP contribution in [0, 0.1) is 0 Å². The molecule has 0 spiro atoms. The molecule has 2 aliphatic rings. The molecule has 2 aromatic rings. The smallest absolute Gasteiger partial charge is 0.255 e. The van der Waals surface area contributed by atoms with Crippen LogP contribution in [0.2, 0.25) is 0 Å². The van der Waals surface area contributed by atoms with Crippen molar-refractivity contribution in [3.05, 3.63) is 48.0 Å². The lowest BCUT2D eigenvalue weighted by atomic mass is 10.2. The highest BCUT2D eigenvalue weighted by Gasteiger charge is 2.38. The summed E-state index contributed by atoms with van der Waals surface area (Å²) >= 11 is 0. The van der Waals surface area contributed by atoms with Crippen LogP contribution in [0.5, 0.6) is 11.5 Å². The van der Waals surface area contributed by atoms with Gasteiger partial charge < -0.3 is 14.8 Å². The lowest BCUT2D eigenvalue weighted by Crippen LogP contribution is -2.23. The number of anilines is 1. The van der Waals surface area contributed by atoms with E-state index >= 15 is 0 Å². The topological polar surface area (TPSA) is 116 Å². The number of sulfone groups is 2. The molecule has 1 N–H and O–H groups in total. The number of amides is 1. The Kier molecular flexibility index (Phi) is 4.99. The molecule has 2 aliphatic heterocycles. The molecule has 0 saturated carbocycles. The summed E-state index contributed by atoms with van der Waals surface area (Å²) in [5.41, 5.74) is 0.635. The first kappa shape index (κ1) is 19.7. The highest BCUT2D eigenvalue weighted by atomic mass is 32.2. The van der Waals surface area contributed by atoms with Gasteiger partial charge in [0.2, 0.25) is 0 Å². The summed E-state index contributed by atoms with van der Waals surface area (Å²) in [5, 5.41) is 1.72. The van der Waals surface area contributed by atoms with Crippen LogP contribution in [0.25, 0.3) is 0 Å². The zero-order valence-electron chi connectivity index (χ0n) is 15.3. The molecule has 2 aromatic carbocycles. The molecule has 10 heteroatoms. The standard InChI is InChI=1S/C19H19NO7S2/c21-19(20-14-4-5-17-18(11-14)27-8-7-26-17)13-2-1-3-15(10-13)29(24,25)16-6-9-28(22,23)12-16/h1-5,10-11,16H,6-9,12H2,(H,20,21)/t16-/m1/s1. The average molecular weight is 437 g/mol. The Morgan fingerprint density at radius 1 is 1.03 bits per heavy atom. The summed E-state index contributed by atoms with van der Waals surface area (Å²) in [6.07, 6.45) is 0.0677. The first-order valence-corrected chi connectivity index (χ1v) is 12.4. The third-order valence-corrected chi connectivity index (χ3v) is 9.02. The third-order valence-electron chi connectivity index (χ3n) is 4.85. The van der Waals surface area contributed by atoms with E-state index < -0.39 is 30.8 Å². The van der Waals surface area contributed by atoms with Crippen LogP contribution in [-0.4, -0.2) is 52.7 Å². The minimum absolute atomic E-state index is 0.0607. The fourth-order valence-electron chi connectivity index (χ4n) is 3.34. The molecular weight excluding hydrogens is 418 g/mol. The molecule has 2 heterocycles. The number of ether oxygens (including phenoxy) is 2. The van der Waals surface area contributed by atoms with E-state index in [1.165, 1.54) is 24.3 Å². The SMILES string of the molecule is O=C(Nc1ccc2c(c1)OCCO2)c1cccc(S(=O)(=O)[C@@H]2CCS(=O)(=O)C2)c1. The summed E-state index contributed by atoms with van der Waals surface area (Å²) in [6.45, 7) is 0.878. The van der Waals surface area contributed by atoms with Crippen molar-refractivity contribution in [3.63, 3.8) is 0 Å². The zero-order valence-corrected chi connectivity index (χ0v) is 17.0. The molecule has 0 aromatic heterocycles. The number of hydrogen-bond donors (Lipinski definition) is 1. The van der Waals surface area contributed by atoms with Gasteiger partial charge in [-0.15, -0.1) is 0 Å². The lowest BCUT2D eigenvalue weighted by Gasteiger charge is -2.19. The quantitative estimate of drug-likeness (QED) is 0.773. The first-order chi connectivity index (χ1) is 13.7. The van der Waals surface area contributed by atoms with Gasteiger partial charge in [0.1, 0.15) is 13.2 Å². The number of carbonyl (C=O) groups is 1. The van der Waals surface area contributed by atoms with Gasteiger partial charge in [0.25, 0.3) is 5.91 Å². The number of nitrogens with one attached hydrogen (secondary N) is 1. The molecule has 0 aliphatic carbocycles. The van der Waals surface area contributed by atoms with Crippen LogP contribution in [0.3, 0.4) is 0 Å². The second-order valence-electron chi connectivity index (χ2n) is 6.91. The van der Waals surface area contributed by atoms with E-state index in [0.29, 0.717) is 30.4 Å². The van der Waals surface area contributed by atoms with Crippen LogP contribution in [-0.2, 0) is 19.7 Å². The van der Waals surface area contributed by atoms with E-state index in [9.17, 15) is 21.6 Å². The minimum Gasteiger partial charge on any atom is -0.486 e. The second-order valence-corrected chi connectivity index (χ2v) is 11.4. The number of benzene rings is 2. The van der Waals surface area contributed by atoms with E-state index in [0.717, 1.165) is 0 Å². The molecule has 154 valence electrons. The maximum atomic E-state index is 12.8. The van der Waals surface area contributed by atoms with Gasteiger partial charge in [-0.25, -0.2) is 16.8 Å². The average Bonchev–Trinajstić information content (AvgIpc) is 3.08. The number of hydrogen-bond acceptors (Lipinski definition) is 7. The maximum absolute atomic E-state index is 12.8. The van der Waals surface area contributed by atoms with Gasteiger partial charge in [-0.05, 0) is 36.8 Å². The van der Waals surface area contributed by atoms with Crippen LogP contribution in [0.1, 0.15) is 16.8 Å². The molecule has 0 radical (unpaired) electrons. The summed E-state index contributed by atoms with van der Waals surface area (Å²) in [6, 6.07) is 10.6. The van der Waals surface area contributed by atoms with Crippen LogP contribution in [0.4, 0.5) is 5.69 Å². The number of rotatable bonds is 4. The van der Waals surface area contributed by atoms with Crippen molar-refractivity contribution in [1.29, 1.82) is 0 Å². The van der Waals surface area contributed by atoms with Crippen molar-refractivity contribution in [2.24, 2.45) is 0 Å². The minimum atomic E-state index is -3.85. The summed E-state index contributed by atoms with van der Waals surface area (Å²) in [7, 11) is -7.19. The highest BCUT2D eigenvalue weighted by molar-refractivity contribution is 7.96. The van der Waals surface area contributed by atoms with Crippen molar-refractivity contribution in [1.82, 2.24) is 0 Å². The summed E-state index contributed by atoms with van der Waals surface area (Å²) in [5.74, 6) is 0.101. The number of carbonyl (C=O) groups excluding carboxylic acids is 1. The molecule has 29 heavy (non-hydrogen) atoms. The van der Waals surface area contributed by atoms with Crippen molar-refractivity contribution < 1.29 is 31.1 Å². The van der Waals surface area contributed by atoms with Gasteiger partial charge in [0, 0.05) is 17.3 Å². The first-order valence-electron chi connectivity index (χ1n) is 9.00. The Morgan fingerprint density at radius 2 is 1.79 bits per heavy atom. The molecule has 0 bridgehead atoms. The lowest BCUT2D eigenvalue weighted by molar-refractivity contribution is 0.102. The van der Waals surface area contributed by atoms with E-state index in [4.69, 9.17) is 9.47 Å². The van der Waals surface area contributed by atoms with Gasteiger partial charge in [-0.2, -0.15) is 0 Å². The molecule has 8 nitrogen and oxygen atoms in total.